The van der Waals surface area contributed by atoms with Gasteiger partial charge in [0.15, 0.2) is 0 Å². The van der Waals surface area contributed by atoms with Gasteiger partial charge < -0.3 is 15.1 Å². The molecule has 6 heavy (non-hydrogen) atoms. The van der Waals surface area contributed by atoms with Crippen molar-refractivity contribution in [2.45, 2.75) is 0 Å². The van der Waals surface area contributed by atoms with Crippen LogP contribution in [0.5, 0.6) is 0 Å². The van der Waals surface area contributed by atoms with Crippen LogP contribution < -0.4 is 0 Å². The van der Waals surface area contributed by atoms with Gasteiger partial charge in [0.1, 0.15) is 0 Å². The second-order valence-electron chi connectivity index (χ2n) is 0.346. The van der Waals surface area contributed by atoms with Crippen molar-refractivity contribution in [2.75, 3.05) is 0 Å². The van der Waals surface area contributed by atoms with Crippen molar-refractivity contribution in [1.82, 2.24) is 0 Å². The summed E-state index contributed by atoms with van der Waals surface area (Å²) in [6, 6.07) is 0. The topological polar surface area (TPSA) is 60.7 Å². The van der Waals surface area contributed by atoms with Gasteiger partial charge in [0.2, 0.25) is 0 Å². The van der Waals surface area contributed by atoms with E-state index in [-0.39, 0.29) is 110 Å². The first-order valence-corrected chi connectivity index (χ1v) is 0.775. The van der Waals surface area contributed by atoms with E-state index in [0.717, 1.165) is 0 Å². The minimum absolute atomic E-state index is 0. The number of rotatable bonds is 0. The van der Waals surface area contributed by atoms with Crippen LogP contribution in [0.4, 0.5) is 0 Å². The quantitative estimate of drug-likeness (QED) is 0.348. The van der Waals surface area contributed by atoms with Crippen molar-refractivity contribution in [3.05, 3.63) is 0 Å². The molecule has 0 radical (unpaired) electrons. The van der Waals surface area contributed by atoms with Crippen LogP contribution in [-0.4, -0.2) is 132 Å². The third kappa shape index (κ3) is 26.3. The molecule has 0 aliphatic rings. The Hall–Kier alpha value is 3.39. The van der Waals surface area contributed by atoms with Gasteiger partial charge in [0.05, 0.1) is 0 Å². The predicted octanol–water partition coefficient (Wildman–Crippen LogP) is -3.35. The minimum atomic E-state index is -2.17. The molecule has 28 valence electrons. The molecule has 0 unspecified atom stereocenters. The van der Waals surface area contributed by atoms with Gasteiger partial charge in [-0.15, -0.1) is 0 Å². The summed E-state index contributed by atoms with van der Waals surface area (Å²) in [5.74, 6) is 0. The van der Waals surface area contributed by atoms with E-state index in [4.69, 9.17) is 15.1 Å². The second kappa shape index (κ2) is 11.2. The van der Waals surface area contributed by atoms with Gasteiger partial charge in [-0.2, -0.15) is 0 Å². The van der Waals surface area contributed by atoms with Crippen LogP contribution in [0.3, 0.4) is 0 Å². The molecular formula is H5BKO3Rb. The van der Waals surface area contributed by atoms with E-state index in [9.17, 15) is 0 Å². The van der Waals surface area contributed by atoms with Crippen molar-refractivity contribution in [1.29, 1.82) is 0 Å². The summed E-state index contributed by atoms with van der Waals surface area (Å²) in [7, 11) is -2.17. The summed E-state index contributed by atoms with van der Waals surface area (Å²) < 4.78 is 0. The van der Waals surface area contributed by atoms with Gasteiger partial charge in [-0.3, -0.25) is 0 Å². The normalized spacial score (nSPS) is 4.50. The van der Waals surface area contributed by atoms with Gasteiger partial charge in [-0.1, -0.05) is 0 Å². The molecule has 0 amide bonds. The zero-order chi connectivity index (χ0) is 3.58. The SMILES string of the molecule is OB(O)O.[KH].[RbH]. The molecule has 0 bridgehead atoms. The Balaban J connectivity index is -0.0000000450. The van der Waals surface area contributed by atoms with E-state index in [1.807, 2.05) is 0 Å². The first kappa shape index (κ1) is 16.2. The van der Waals surface area contributed by atoms with Crippen LogP contribution in [0.15, 0.2) is 0 Å². The zero-order valence-corrected chi connectivity index (χ0v) is 1.92. The molecule has 0 heterocycles. The van der Waals surface area contributed by atoms with E-state index in [0.29, 0.717) is 0 Å². The van der Waals surface area contributed by atoms with E-state index in [1.54, 1.807) is 0 Å². The fourth-order valence-electron chi connectivity index (χ4n) is 0. The Morgan fingerprint density at radius 3 is 1.00 bits per heavy atom. The van der Waals surface area contributed by atoms with Crippen LogP contribution in [0.2, 0.25) is 0 Å². The molecule has 0 saturated carbocycles. The van der Waals surface area contributed by atoms with Gasteiger partial charge in [0.25, 0.3) is 0 Å². The Kier molecular flexibility index (Phi) is 30.3. The molecule has 0 atom stereocenters. The maximum atomic E-state index is 7.17. The molecule has 0 aliphatic carbocycles. The molecule has 0 rings (SSSR count). The zero-order valence-electron chi connectivity index (χ0n) is 1.92. The molecule has 0 aromatic carbocycles. The van der Waals surface area contributed by atoms with Crippen LogP contribution in [0.1, 0.15) is 0 Å². The van der Waals surface area contributed by atoms with Crippen molar-refractivity contribution in [3.63, 3.8) is 0 Å². The van der Waals surface area contributed by atoms with Gasteiger partial charge in [-0.05, 0) is 0 Å². The second-order valence-corrected chi connectivity index (χ2v) is 0.346. The average molecular weight is 188 g/mol. The van der Waals surface area contributed by atoms with E-state index in [1.165, 1.54) is 0 Å². The molecule has 0 aliphatic heterocycles. The molecule has 0 saturated heterocycles. The Bertz CT molecular complexity index is 15.5. The third-order valence-corrected chi connectivity index (χ3v) is 0. The molecule has 0 spiro atoms. The van der Waals surface area contributed by atoms with E-state index >= 15 is 0 Å². The van der Waals surface area contributed by atoms with Gasteiger partial charge in [0, 0.05) is 0 Å². The monoisotopic (exact) mass is 188 g/mol. The van der Waals surface area contributed by atoms with Crippen molar-refractivity contribution in [3.8, 4) is 0 Å². The molecular weight excluding hydrogens is 183 g/mol. The van der Waals surface area contributed by atoms with Crippen LogP contribution >= 0.6 is 0 Å². The van der Waals surface area contributed by atoms with Crippen molar-refractivity contribution < 1.29 is 15.1 Å². The molecule has 0 fully saturated rings. The van der Waals surface area contributed by atoms with Crippen LogP contribution in [0, 0.1) is 0 Å². The standard InChI is InChI=1S/BH3O3.K.Rb.2H/c2-1(3)4;;;;/h2-4H;;;;. The van der Waals surface area contributed by atoms with Gasteiger partial charge in [-0.25, -0.2) is 0 Å². The summed E-state index contributed by atoms with van der Waals surface area (Å²) in [6.07, 6.45) is 0. The van der Waals surface area contributed by atoms with Crippen molar-refractivity contribution in [2.24, 2.45) is 0 Å². The Labute approximate surface area is 128 Å². The van der Waals surface area contributed by atoms with E-state index < -0.39 is 7.32 Å². The fraction of sp³-hybridized carbons (Fsp3) is 0. The maximum absolute atomic E-state index is 7.17. The predicted molar refractivity (Wildman–Crippen MR) is 26.7 cm³/mol. The fourth-order valence-corrected chi connectivity index (χ4v) is 0. The third-order valence-electron chi connectivity index (χ3n) is 0. The van der Waals surface area contributed by atoms with E-state index in [2.05, 4.69) is 0 Å². The Morgan fingerprint density at radius 2 is 1.00 bits per heavy atom. The average Bonchev–Trinajstić information content (AvgIpc) is 0.811. The molecule has 3 nitrogen and oxygen atoms in total. The molecule has 0 aromatic heterocycles. The summed E-state index contributed by atoms with van der Waals surface area (Å²) in [5, 5.41) is 21.5. The first-order valence-electron chi connectivity index (χ1n) is 0.775. The molecule has 0 aromatic rings. The summed E-state index contributed by atoms with van der Waals surface area (Å²) >= 11 is 0. The summed E-state index contributed by atoms with van der Waals surface area (Å²) in [6.45, 7) is 0. The van der Waals surface area contributed by atoms with Gasteiger partial charge >= 0.3 is 117 Å². The first-order chi connectivity index (χ1) is 1.73. The summed E-state index contributed by atoms with van der Waals surface area (Å²) in [4.78, 5) is 0. The van der Waals surface area contributed by atoms with Crippen molar-refractivity contribution >= 4 is 117 Å². The Morgan fingerprint density at radius 1 is 1.00 bits per heavy atom. The van der Waals surface area contributed by atoms with Crippen LogP contribution in [-0.2, 0) is 0 Å². The number of hydrogen-bond donors (Lipinski definition) is 3. The number of hydrogen-bond acceptors (Lipinski definition) is 3. The molecule has 3 N–H and O–H groups in total. The summed E-state index contributed by atoms with van der Waals surface area (Å²) in [5.41, 5.74) is 0. The van der Waals surface area contributed by atoms with Crippen LogP contribution in [0.25, 0.3) is 0 Å². The molecule has 6 heteroatoms.